The first-order valence-electron chi connectivity index (χ1n) is 5.47. The standard InChI is InChI=1S/C13H11IN4/c14-9-2-1-3-10(5-9)17-13-6-12-8(4-11(13)15)7-16-18-12/h1-7,17H,15H2,(H,16,18). The van der Waals surface area contributed by atoms with E-state index in [4.69, 9.17) is 5.73 Å². The molecule has 0 saturated heterocycles. The smallest absolute Gasteiger partial charge is 0.0672 e. The van der Waals surface area contributed by atoms with E-state index < -0.39 is 0 Å². The third kappa shape index (κ3) is 2.13. The van der Waals surface area contributed by atoms with Gasteiger partial charge in [-0.15, -0.1) is 0 Å². The maximum Gasteiger partial charge on any atom is 0.0672 e. The number of H-pyrrole nitrogens is 1. The van der Waals surface area contributed by atoms with Gasteiger partial charge in [-0.05, 0) is 52.9 Å². The van der Waals surface area contributed by atoms with Crippen molar-refractivity contribution in [3.63, 3.8) is 0 Å². The Morgan fingerprint density at radius 1 is 1.22 bits per heavy atom. The van der Waals surface area contributed by atoms with Crippen LogP contribution in [0.15, 0.2) is 42.6 Å². The van der Waals surface area contributed by atoms with Crippen LogP contribution in [0.5, 0.6) is 0 Å². The molecule has 0 saturated carbocycles. The Morgan fingerprint density at radius 2 is 2.11 bits per heavy atom. The molecule has 4 N–H and O–H groups in total. The quantitative estimate of drug-likeness (QED) is 0.490. The molecular formula is C13H11IN4. The lowest BCUT2D eigenvalue weighted by Crippen LogP contribution is -1.96. The summed E-state index contributed by atoms with van der Waals surface area (Å²) in [6, 6.07) is 12.0. The Kier molecular flexibility index (Phi) is 2.83. The predicted molar refractivity (Wildman–Crippen MR) is 82.9 cm³/mol. The lowest BCUT2D eigenvalue weighted by molar-refractivity contribution is 1.12. The highest BCUT2D eigenvalue weighted by Gasteiger charge is 2.04. The number of fused-ring (bicyclic) bond motifs is 1. The largest absolute Gasteiger partial charge is 0.397 e. The number of nitrogens with one attached hydrogen (secondary N) is 2. The number of nitrogen functional groups attached to an aromatic ring is 1. The number of nitrogens with two attached hydrogens (primary N) is 1. The zero-order valence-corrected chi connectivity index (χ0v) is 11.6. The van der Waals surface area contributed by atoms with Crippen LogP contribution in [-0.2, 0) is 0 Å². The second kappa shape index (κ2) is 4.49. The van der Waals surface area contributed by atoms with Gasteiger partial charge in [0.2, 0.25) is 0 Å². The van der Waals surface area contributed by atoms with Crippen LogP contribution in [0, 0.1) is 3.57 Å². The summed E-state index contributed by atoms with van der Waals surface area (Å²) in [4.78, 5) is 0. The van der Waals surface area contributed by atoms with Gasteiger partial charge >= 0.3 is 0 Å². The number of nitrogens with zero attached hydrogens (tertiary/aromatic N) is 1. The Hall–Kier alpha value is -1.76. The zero-order valence-electron chi connectivity index (χ0n) is 9.44. The van der Waals surface area contributed by atoms with Crippen LogP contribution in [0.1, 0.15) is 0 Å². The molecule has 1 heterocycles. The fourth-order valence-electron chi connectivity index (χ4n) is 1.84. The van der Waals surface area contributed by atoms with Crippen LogP contribution >= 0.6 is 22.6 Å². The number of aromatic amines is 1. The highest BCUT2D eigenvalue weighted by Crippen LogP contribution is 2.28. The van der Waals surface area contributed by atoms with Crippen LogP contribution in [-0.4, -0.2) is 10.2 Å². The van der Waals surface area contributed by atoms with E-state index >= 15 is 0 Å². The first kappa shape index (κ1) is 11.3. The first-order valence-corrected chi connectivity index (χ1v) is 6.55. The molecule has 1 aromatic heterocycles. The monoisotopic (exact) mass is 350 g/mol. The van der Waals surface area contributed by atoms with Gasteiger partial charge in [0.05, 0.1) is 23.1 Å². The normalized spacial score (nSPS) is 10.7. The van der Waals surface area contributed by atoms with Crippen LogP contribution in [0.3, 0.4) is 0 Å². The fourth-order valence-corrected chi connectivity index (χ4v) is 2.38. The van der Waals surface area contributed by atoms with Crippen molar-refractivity contribution in [1.82, 2.24) is 10.2 Å². The number of rotatable bonds is 2. The molecule has 3 aromatic rings. The van der Waals surface area contributed by atoms with Crippen molar-refractivity contribution in [2.45, 2.75) is 0 Å². The van der Waals surface area contributed by atoms with E-state index in [1.54, 1.807) is 6.20 Å². The predicted octanol–water partition coefficient (Wildman–Crippen LogP) is 3.49. The first-order chi connectivity index (χ1) is 8.72. The van der Waals surface area contributed by atoms with Crippen molar-refractivity contribution >= 4 is 50.6 Å². The molecule has 3 rings (SSSR count). The summed E-state index contributed by atoms with van der Waals surface area (Å²) in [5, 5.41) is 11.3. The molecule has 0 spiro atoms. The van der Waals surface area contributed by atoms with Crippen LogP contribution < -0.4 is 11.1 Å². The van der Waals surface area contributed by atoms with Crippen molar-refractivity contribution in [3.05, 3.63) is 46.2 Å². The molecule has 0 atom stereocenters. The van der Waals surface area contributed by atoms with Crippen molar-refractivity contribution in [3.8, 4) is 0 Å². The second-order valence-corrected chi connectivity index (χ2v) is 5.28. The summed E-state index contributed by atoms with van der Waals surface area (Å²) >= 11 is 2.28. The minimum absolute atomic E-state index is 0.711. The highest BCUT2D eigenvalue weighted by molar-refractivity contribution is 14.1. The minimum atomic E-state index is 0.711. The molecule has 90 valence electrons. The van der Waals surface area contributed by atoms with Crippen LogP contribution in [0.2, 0.25) is 0 Å². The van der Waals surface area contributed by atoms with Gasteiger partial charge in [0.25, 0.3) is 0 Å². The average Bonchev–Trinajstić information content (AvgIpc) is 2.76. The molecule has 0 amide bonds. The number of benzene rings is 2. The molecule has 0 aliphatic carbocycles. The van der Waals surface area contributed by atoms with Gasteiger partial charge < -0.3 is 11.1 Å². The average molecular weight is 350 g/mol. The summed E-state index contributed by atoms with van der Waals surface area (Å²) in [7, 11) is 0. The number of hydrogen-bond acceptors (Lipinski definition) is 3. The molecule has 0 radical (unpaired) electrons. The van der Waals surface area contributed by atoms with E-state index in [1.807, 2.05) is 30.3 Å². The van der Waals surface area contributed by atoms with Gasteiger partial charge in [-0.25, -0.2) is 0 Å². The molecule has 0 unspecified atom stereocenters. The second-order valence-electron chi connectivity index (χ2n) is 4.03. The van der Waals surface area contributed by atoms with Gasteiger partial charge in [-0.2, -0.15) is 5.10 Å². The van der Waals surface area contributed by atoms with Crippen LogP contribution in [0.25, 0.3) is 10.9 Å². The number of anilines is 3. The number of hydrogen-bond donors (Lipinski definition) is 3. The molecule has 18 heavy (non-hydrogen) atoms. The van der Waals surface area contributed by atoms with Gasteiger partial charge in [-0.1, -0.05) is 6.07 Å². The minimum Gasteiger partial charge on any atom is -0.397 e. The molecule has 2 aromatic carbocycles. The summed E-state index contributed by atoms with van der Waals surface area (Å²) in [5.41, 5.74) is 9.61. The van der Waals surface area contributed by atoms with E-state index in [0.717, 1.165) is 22.3 Å². The van der Waals surface area contributed by atoms with E-state index in [-0.39, 0.29) is 0 Å². The molecule has 0 fully saturated rings. The maximum atomic E-state index is 6.03. The van der Waals surface area contributed by atoms with Crippen molar-refractivity contribution in [2.24, 2.45) is 0 Å². The van der Waals surface area contributed by atoms with Crippen molar-refractivity contribution in [1.29, 1.82) is 0 Å². The lowest BCUT2D eigenvalue weighted by Gasteiger charge is -2.09. The number of aromatic nitrogens is 2. The summed E-state index contributed by atoms with van der Waals surface area (Å²) in [6.45, 7) is 0. The summed E-state index contributed by atoms with van der Waals surface area (Å²) in [5.74, 6) is 0. The fraction of sp³-hybridized carbons (Fsp3) is 0. The van der Waals surface area contributed by atoms with Gasteiger partial charge in [0.1, 0.15) is 0 Å². The summed E-state index contributed by atoms with van der Waals surface area (Å²) in [6.07, 6.45) is 1.76. The van der Waals surface area contributed by atoms with Gasteiger partial charge in [0, 0.05) is 14.6 Å². The molecule has 0 aliphatic rings. The topological polar surface area (TPSA) is 66.7 Å². The zero-order chi connectivity index (χ0) is 12.5. The SMILES string of the molecule is Nc1cc2cn[nH]c2cc1Nc1cccc(I)c1. The van der Waals surface area contributed by atoms with Crippen molar-refractivity contribution < 1.29 is 0 Å². The Bertz CT molecular complexity index is 705. The molecule has 0 aliphatic heterocycles. The molecule has 4 nitrogen and oxygen atoms in total. The Balaban J connectivity index is 2.01. The van der Waals surface area contributed by atoms with Crippen molar-refractivity contribution in [2.75, 3.05) is 11.1 Å². The Morgan fingerprint density at radius 3 is 2.94 bits per heavy atom. The van der Waals surface area contributed by atoms with Gasteiger partial charge in [0.15, 0.2) is 0 Å². The van der Waals surface area contributed by atoms with E-state index in [1.165, 1.54) is 3.57 Å². The number of halogens is 1. The summed E-state index contributed by atoms with van der Waals surface area (Å²) < 4.78 is 1.18. The van der Waals surface area contributed by atoms with E-state index in [9.17, 15) is 0 Å². The maximum absolute atomic E-state index is 6.03. The third-order valence-corrected chi connectivity index (χ3v) is 3.38. The molecular weight excluding hydrogens is 339 g/mol. The lowest BCUT2D eigenvalue weighted by atomic mass is 10.2. The van der Waals surface area contributed by atoms with E-state index in [0.29, 0.717) is 5.69 Å². The Labute approximate surface area is 118 Å². The molecule has 5 heteroatoms. The van der Waals surface area contributed by atoms with Gasteiger partial charge in [-0.3, -0.25) is 5.10 Å². The molecule has 0 bridgehead atoms. The highest BCUT2D eigenvalue weighted by atomic mass is 127. The van der Waals surface area contributed by atoms with Crippen LogP contribution in [0.4, 0.5) is 17.1 Å². The van der Waals surface area contributed by atoms with E-state index in [2.05, 4.69) is 44.2 Å². The third-order valence-electron chi connectivity index (χ3n) is 2.71.